The van der Waals surface area contributed by atoms with Crippen molar-refractivity contribution in [3.8, 4) is 0 Å². The number of hydrogen-bond donors (Lipinski definition) is 2. The number of benzene rings is 1. The molecule has 0 radical (unpaired) electrons. The maximum Gasteiger partial charge on any atom is 0.344 e. The highest BCUT2D eigenvalue weighted by Gasteiger charge is 2.47. The van der Waals surface area contributed by atoms with Crippen LogP contribution in [-0.4, -0.2) is 38.5 Å². The zero-order valence-electron chi connectivity index (χ0n) is 13.9. The third kappa shape index (κ3) is 3.67. The van der Waals surface area contributed by atoms with Crippen LogP contribution in [0.1, 0.15) is 25.8 Å². The number of para-hydroxylation sites is 1. The van der Waals surface area contributed by atoms with Crippen LogP contribution in [0, 0.1) is 0 Å². The SMILES string of the molecule is CCC1(C)NC(=O)N(NC(=O)CSC2=Nc3ccccc3CS2)C1=O. The molecule has 25 heavy (non-hydrogen) atoms. The standard InChI is InChI=1S/C16H18N4O3S2/c1-3-16(2)13(22)20(14(23)18-16)19-12(21)9-25-15-17-11-7-5-4-6-10(11)8-24-15/h4-7H,3,8-9H2,1-2H3,(H,18,23)(H,19,21). The summed E-state index contributed by atoms with van der Waals surface area (Å²) in [5.74, 6) is 0.0204. The summed E-state index contributed by atoms with van der Waals surface area (Å²) in [6.45, 7) is 3.44. The third-order valence-corrected chi connectivity index (χ3v) is 6.33. The number of urea groups is 1. The lowest BCUT2D eigenvalue weighted by atomic mass is 10.00. The molecule has 0 saturated carbocycles. The highest BCUT2D eigenvalue weighted by atomic mass is 32.2. The summed E-state index contributed by atoms with van der Waals surface area (Å²) in [4.78, 5) is 40.7. The molecule has 132 valence electrons. The average molecular weight is 378 g/mol. The van der Waals surface area contributed by atoms with Crippen molar-refractivity contribution in [3.05, 3.63) is 29.8 Å². The molecule has 4 amide bonds. The summed E-state index contributed by atoms with van der Waals surface area (Å²) in [7, 11) is 0. The number of carbonyl (C=O) groups is 3. The Bertz CT molecular complexity index is 768. The summed E-state index contributed by atoms with van der Waals surface area (Å²) in [5, 5.41) is 3.35. The van der Waals surface area contributed by atoms with Gasteiger partial charge in [-0.3, -0.25) is 15.0 Å². The van der Waals surface area contributed by atoms with Crippen LogP contribution in [0.25, 0.3) is 0 Å². The quantitative estimate of drug-likeness (QED) is 0.785. The minimum atomic E-state index is -0.968. The second-order valence-electron chi connectivity index (χ2n) is 5.88. The van der Waals surface area contributed by atoms with Gasteiger partial charge in [-0.1, -0.05) is 48.6 Å². The maximum absolute atomic E-state index is 12.2. The Kier molecular flexibility index (Phi) is 5.05. The van der Waals surface area contributed by atoms with Crippen LogP contribution in [0.3, 0.4) is 0 Å². The molecule has 1 aromatic rings. The Morgan fingerprint density at radius 2 is 2.20 bits per heavy atom. The van der Waals surface area contributed by atoms with Gasteiger partial charge in [0.25, 0.3) is 5.91 Å². The van der Waals surface area contributed by atoms with E-state index in [0.717, 1.165) is 20.8 Å². The molecule has 1 saturated heterocycles. The minimum absolute atomic E-state index is 0.0773. The maximum atomic E-state index is 12.2. The fraction of sp³-hybridized carbons (Fsp3) is 0.375. The lowest BCUT2D eigenvalue weighted by Gasteiger charge is -2.19. The Morgan fingerprint density at radius 1 is 1.44 bits per heavy atom. The van der Waals surface area contributed by atoms with E-state index in [1.54, 1.807) is 25.6 Å². The molecule has 0 aromatic heterocycles. The van der Waals surface area contributed by atoms with E-state index in [1.807, 2.05) is 24.3 Å². The zero-order valence-corrected chi connectivity index (χ0v) is 15.5. The number of aliphatic imine (C=N–C) groups is 1. The molecule has 1 unspecified atom stereocenters. The second kappa shape index (κ2) is 7.09. The number of imide groups is 1. The Morgan fingerprint density at radius 3 is 2.92 bits per heavy atom. The van der Waals surface area contributed by atoms with Crippen LogP contribution in [0.15, 0.2) is 29.3 Å². The second-order valence-corrected chi connectivity index (χ2v) is 8.06. The van der Waals surface area contributed by atoms with Crippen LogP contribution in [0.4, 0.5) is 10.5 Å². The highest BCUT2D eigenvalue weighted by molar-refractivity contribution is 8.38. The molecule has 9 heteroatoms. The van der Waals surface area contributed by atoms with Crippen LogP contribution < -0.4 is 10.7 Å². The molecule has 0 aliphatic carbocycles. The van der Waals surface area contributed by atoms with Crippen molar-refractivity contribution in [3.63, 3.8) is 0 Å². The number of fused-ring (bicyclic) bond motifs is 1. The molecule has 7 nitrogen and oxygen atoms in total. The molecule has 2 aliphatic heterocycles. The Hall–Kier alpha value is -2.00. The van der Waals surface area contributed by atoms with Crippen molar-refractivity contribution in [2.24, 2.45) is 4.99 Å². The number of thioether (sulfide) groups is 2. The van der Waals surface area contributed by atoms with Crippen LogP contribution >= 0.6 is 23.5 Å². The van der Waals surface area contributed by atoms with Crippen LogP contribution in [0.5, 0.6) is 0 Å². The van der Waals surface area contributed by atoms with Gasteiger partial charge in [0.1, 0.15) is 9.91 Å². The lowest BCUT2D eigenvalue weighted by molar-refractivity contribution is -0.137. The van der Waals surface area contributed by atoms with Gasteiger partial charge < -0.3 is 5.32 Å². The van der Waals surface area contributed by atoms with Crippen LogP contribution in [-0.2, 0) is 15.3 Å². The molecular weight excluding hydrogens is 360 g/mol. The van der Waals surface area contributed by atoms with Gasteiger partial charge in [-0.15, -0.1) is 0 Å². The normalized spacial score (nSPS) is 22.3. The number of nitrogens with zero attached hydrogens (tertiary/aromatic N) is 2. The van der Waals surface area contributed by atoms with Gasteiger partial charge >= 0.3 is 6.03 Å². The molecule has 0 spiro atoms. The van der Waals surface area contributed by atoms with Gasteiger partial charge in [0.05, 0.1) is 11.4 Å². The third-order valence-electron chi connectivity index (χ3n) is 4.09. The first-order chi connectivity index (χ1) is 11.9. The van der Waals surface area contributed by atoms with Crippen molar-refractivity contribution in [2.45, 2.75) is 31.6 Å². The predicted molar refractivity (Wildman–Crippen MR) is 99.5 cm³/mol. The minimum Gasteiger partial charge on any atom is -0.322 e. The topological polar surface area (TPSA) is 90.9 Å². The van der Waals surface area contributed by atoms with Gasteiger partial charge in [-0.25, -0.2) is 9.79 Å². The number of hydrogen-bond acceptors (Lipinski definition) is 6. The molecule has 3 rings (SSSR count). The highest BCUT2D eigenvalue weighted by Crippen LogP contribution is 2.34. The van der Waals surface area contributed by atoms with Gasteiger partial charge in [0.15, 0.2) is 0 Å². The molecule has 2 N–H and O–H groups in total. The lowest BCUT2D eigenvalue weighted by Crippen LogP contribution is -2.49. The summed E-state index contributed by atoms with van der Waals surface area (Å²) in [5.41, 5.74) is 3.49. The van der Waals surface area contributed by atoms with Crippen molar-refractivity contribution >= 4 is 51.4 Å². The van der Waals surface area contributed by atoms with E-state index in [9.17, 15) is 14.4 Å². The van der Waals surface area contributed by atoms with E-state index in [-0.39, 0.29) is 5.75 Å². The van der Waals surface area contributed by atoms with Gasteiger partial charge in [0, 0.05) is 5.75 Å². The summed E-state index contributed by atoms with van der Waals surface area (Å²) < 4.78 is 0.796. The van der Waals surface area contributed by atoms with E-state index in [1.165, 1.54) is 17.3 Å². The van der Waals surface area contributed by atoms with E-state index in [2.05, 4.69) is 15.7 Å². The summed E-state index contributed by atoms with van der Waals surface area (Å²) in [6, 6.07) is 7.26. The molecule has 2 aliphatic rings. The molecule has 1 aromatic carbocycles. The van der Waals surface area contributed by atoms with E-state index >= 15 is 0 Å². The van der Waals surface area contributed by atoms with E-state index in [0.29, 0.717) is 6.42 Å². The monoisotopic (exact) mass is 378 g/mol. The Labute approximate surface area is 154 Å². The number of carbonyl (C=O) groups excluding carboxylic acids is 3. The molecule has 0 bridgehead atoms. The van der Waals surface area contributed by atoms with Crippen molar-refractivity contribution < 1.29 is 14.4 Å². The van der Waals surface area contributed by atoms with E-state index in [4.69, 9.17) is 0 Å². The Balaban J connectivity index is 1.57. The van der Waals surface area contributed by atoms with Gasteiger partial charge in [-0.2, -0.15) is 5.01 Å². The number of hydrazine groups is 1. The smallest absolute Gasteiger partial charge is 0.322 e. The number of amides is 4. The number of rotatable bonds is 4. The molecule has 2 heterocycles. The predicted octanol–water partition coefficient (Wildman–Crippen LogP) is 2.41. The van der Waals surface area contributed by atoms with Crippen molar-refractivity contribution in [2.75, 3.05) is 5.75 Å². The number of nitrogens with one attached hydrogen (secondary N) is 2. The first-order valence-electron chi connectivity index (χ1n) is 7.81. The summed E-state index contributed by atoms with van der Waals surface area (Å²) in [6.07, 6.45) is 0.450. The fourth-order valence-electron chi connectivity index (χ4n) is 2.40. The largest absolute Gasteiger partial charge is 0.344 e. The van der Waals surface area contributed by atoms with Crippen molar-refractivity contribution in [1.82, 2.24) is 15.8 Å². The fourth-order valence-corrected chi connectivity index (χ4v) is 4.25. The van der Waals surface area contributed by atoms with Crippen molar-refractivity contribution in [1.29, 1.82) is 0 Å². The van der Waals surface area contributed by atoms with E-state index < -0.39 is 23.4 Å². The molecule has 1 fully saturated rings. The van der Waals surface area contributed by atoms with Gasteiger partial charge in [-0.05, 0) is 25.0 Å². The summed E-state index contributed by atoms with van der Waals surface area (Å²) >= 11 is 2.86. The first-order valence-corrected chi connectivity index (χ1v) is 9.78. The first kappa shape index (κ1) is 17.8. The van der Waals surface area contributed by atoms with Gasteiger partial charge in [0.2, 0.25) is 5.91 Å². The average Bonchev–Trinajstić information content (AvgIpc) is 2.83. The molecular formula is C16H18N4O3S2. The zero-order chi connectivity index (χ0) is 18.0. The molecule has 1 atom stereocenters. The van der Waals surface area contributed by atoms with Crippen LogP contribution in [0.2, 0.25) is 0 Å².